The lowest BCUT2D eigenvalue weighted by Crippen LogP contribution is -2.46. The summed E-state index contributed by atoms with van der Waals surface area (Å²) in [7, 11) is 0.440. The first-order valence-electron chi connectivity index (χ1n) is 8.72. The van der Waals surface area contributed by atoms with E-state index in [1.54, 1.807) is 21.1 Å². The topological polar surface area (TPSA) is 75.8 Å². The Morgan fingerprint density at radius 3 is 2.52 bits per heavy atom. The predicted molar refractivity (Wildman–Crippen MR) is 95.3 cm³/mol. The lowest BCUT2D eigenvalue weighted by atomic mass is 10.2. The maximum Gasteiger partial charge on any atom is 0.500 e. The van der Waals surface area contributed by atoms with E-state index in [1.165, 1.54) is 0 Å². The Morgan fingerprint density at radius 1 is 1.28 bits per heavy atom. The van der Waals surface area contributed by atoms with Gasteiger partial charge in [0.15, 0.2) is 0 Å². The van der Waals surface area contributed by atoms with E-state index in [0.717, 1.165) is 19.4 Å². The monoisotopic (exact) mass is 376 g/mol. The molecule has 1 heterocycles. The van der Waals surface area contributed by atoms with Gasteiger partial charge in [-0.1, -0.05) is 6.58 Å². The van der Waals surface area contributed by atoms with Crippen LogP contribution in [0.4, 0.5) is 0 Å². The van der Waals surface area contributed by atoms with E-state index in [0.29, 0.717) is 44.0 Å². The Morgan fingerprint density at radius 2 is 1.96 bits per heavy atom. The highest BCUT2D eigenvalue weighted by Crippen LogP contribution is 2.20. The minimum atomic E-state index is -2.76. The van der Waals surface area contributed by atoms with Crippen molar-refractivity contribution >= 4 is 14.8 Å². The molecule has 0 N–H and O–H groups in total. The van der Waals surface area contributed by atoms with Gasteiger partial charge in [-0.3, -0.25) is 0 Å². The maximum absolute atomic E-state index is 11.4. The molecule has 0 aromatic heterocycles. The van der Waals surface area contributed by atoms with Crippen LogP contribution >= 0.6 is 0 Å². The summed E-state index contributed by atoms with van der Waals surface area (Å²) in [6.45, 7) is 9.66. The summed E-state index contributed by atoms with van der Waals surface area (Å²) < 4.78 is 32.9. The van der Waals surface area contributed by atoms with E-state index in [4.69, 9.17) is 27.5 Å². The van der Waals surface area contributed by atoms with Crippen LogP contribution in [0.3, 0.4) is 0 Å². The van der Waals surface area contributed by atoms with E-state index in [2.05, 4.69) is 6.58 Å². The third-order valence-corrected chi connectivity index (χ3v) is 6.79. The molecule has 1 saturated heterocycles. The van der Waals surface area contributed by atoms with Gasteiger partial charge in [-0.15, -0.1) is 0 Å². The number of hydrogen-bond donors (Lipinski definition) is 0. The summed E-state index contributed by atoms with van der Waals surface area (Å²) in [5.41, 5.74) is 0.391. The van der Waals surface area contributed by atoms with E-state index in [9.17, 15) is 4.79 Å². The van der Waals surface area contributed by atoms with Gasteiger partial charge in [0.25, 0.3) is 0 Å². The molecule has 1 aliphatic rings. The molecule has 0 saturated carbocycles. The molecule has 0 radical (unpaired) electrons. The number of ether oxygens (including phenoxy) is 3. The van der Waals surface area contributed by atoms with Crippen molar-refractivity contribution < 1.29 is 32.3 Å². The SMILES string of the molecule is C=C(C)C(=O)OCCC[Si](OC)(OC)OC(C)CCCOCC1CO1. The number of carbonyl (C=O) groups excluding carboxylic acids is 1. The third-order valence-electron chi connectivity index (χ3n) is 3.82. The largest absolute Gasteiger partial charge is 0.500 e. The van der Waals surface area contributed by atoms with Crippen molar-refractivity contribution in [3.63, 3.8) is 0 Å². The number of epoxide rings is 1. The molecule has 2 unspecified atom stereocenters. The minimum absolute atomic E-state index is 0.00492. The zero-order valence-corrected chi connectivity index (χ0v) is 16.9. The molecule has 1 rings (SSSR count). The van der Waals surface area contributed by atoms with Gasteiger partial charge in [0.05, 0.1) is 19.8 Å². The highest BCUT2D eigenvalue weighted by molar-refractivity contribution is 6.60. The van der Waals surface area contributed by atoms with Crippen molar-refractivity contribution in [2.45, 2.75) is 51.4 Å². The van der Waals surface area contributed by atoms with Crippen LogP contribution in [0.5, 0.6) is 0 Å². The number of rotatable bonds is 15. The van der Waals surface area contributed by atoms with E-state index >= 15 is 0 Å². The van der Waals surface area contributed by atoms with Crippen LogP contribution in [0.2, 0.25) is 6.04 Å². The second kappa shape index (κ2) is 11.8. The second-order valence-corrected chi connectivity index (χ2v) is 9.13. The Kier molecular flexibility index (Phi) is 10.5. The van der Waals surface area contributed by atoms with Crippen molar-refractivity contribution in [3.8, 4) is 0 Å². The van der Waals surface area contributed by atoms with Gasteiger partial charge in [0.2, 0.25) is 0 Å². The Bertz CT molecular complexity index is 408. The van der Waals surface area contributed by atoms with Gasteiger partial charge in [0, 0.05) is 38.5 Å². The fourth-order valence-corrected chi connectivity index (χ4v) is 4.43. The molecule has 25 heavy (non-hydrogen) atoms. The molecule has 1 aliphatic heterocycles. The zero-order valence-electron chi connectivity index (χ0n) is 15.9. The molecule has 1 fully saturated rings. The van der Waals surface area contributed by atoms with Gasteiger partial charge in [-0.05, 0) is 33.1 Å². The number of carbonyl (C=O) groups is 1. The summed E-state index contributed by atoms with van der Waals surface area (Å²) >= 11 is 0. The Balaban J connectivity index is 2.23. The highest BCUT2D eigenvalue weighted by Gasteiger charge is 2.40. The van der Waals surface area contributed by atoms with Crippen molar-refractivity contribution in [2.75, 3.05) is 40.6 Å². The fraction of sp³-hybridized carbons (Fsp3) is 0.824. The predicted octanol–water partition coefficient (Wildman–Crippen LogP) is 2.33. The molecule has 0 aromatic carbocycles. The van der Waals surface area contributed by atoms with Gasteiger partial charge in [-0.25, -0.2) is 4.79 Å². The van der Waals surface area contributed by atoms with Gasteiger partial charge in [0.1, 0.15) is 6.10 Å². The van der Waals surface area contributed by atoms with Crippen LogP contribution in [0, 0.1) is 0 Å². The van der Waals surface area contributed by atoms with Gasteiger partial charge >= 0.3 is 14.8 Å². The van der Waals surface area contributed by atoms with Crippen molar-refractivity contribution in [1.82, 2.24) is 0 Å². The van der Waals surface area contributed by atoms with Gasteiger partial charge < -0.3 is 27.5 Å². The molecule has 0 bridgehead atoms. The summed E-state index contributed by atoms with van der Waals surface area (Å²) in [4.78, 5) is 11.4. The van der Waals surface area contributed by atoms with E-state index in [-0.39, 0.29) is 12.1 Å². The van der Waals surface area contributed by atoms with Crippen molar-refractivity contribution in [2.24, 2.45) is 0 Å². The molecular formula is C17H32O7Si. The average molecular weight is 377 g/mol. The lowest BCUT2D eigenvalue weighted by molar-refractivity contribution is -0.139. The first-order chi connectivity index (χ1) is 11.9. The number of hydrogen-bond acceptors (Lipinski definition) is 7. The van der Waals surface area contributed by atoms with Crippen LogP contribution in [0.1, 0.15) is 33.1 Å². The summed E-state index contributed by atoms with van der Waals surface area (Å²) in [5, 5.41) is 0. The molecule has 2 atom stereocenters. The first kappa shape index (κ1) is 22.3. The molecular weight excluding hydrogens is 344 g/mol. The van der Waals surface area contributed by atoms with Gasteiger partial charge in [-0.2, -0.15) is 0 Å². The quantitative estimate of drug-likeness (QED) is 0.143. The third kappa shape index (κ3) is 9.48. The summed E-state index contributed by atoms with van der Waals surface area (Å²) in [6.07, 6.45) is 2.68. The molecule has 0 aliphatic carbocycles. The fourth-order valence-electron chi connectivity index (χ4n) is 2.24. The molecule has 0 amide bonds. The van der Waals surface area contributed by atoms with Crippen molar-refractivity contribution in [3.05, 3.63) is 12.2 Å². The smallest absolute Gasteiger partial charge is 0.462 e. The lowest BCUT2D eigenvalue weighted by Gasteiger charge is -2.29. The minimum Gasteiger partial charge on any atom is -0.462 e. The molecule has 0 spiro atoms. The number of esters is 1. The molecule has 146 valence electrons. The molecule has 8 heteroatoms. The summed E-state index contributed by atoms with van der Waals surface area (Å²) in [5.74, 6) is -0.381. The van der Waals surface area contributed by atoms with E-state index in [1.807, 2.05) is 6.92 Å². The van der Waals surface area contributed by atoms with E-state index < -0.39 is 8.80 Å². The molecule has 0 aromatic rings. The van der Waals surface area contributed by atoms with Crippen LogP contribution in [-0.2, 0) is 32.3 Å². The highest BCUT2D eigenvalue weighted by atomic mass is 28.4. The normalized spacial score (nSPS) is 18.0. The van der Waals surface area contributed by atoms with Crippen LogP contribution < -0.4 is 0 Å². The van der Waals surface area contributed by atoms with Crippen LogP contribution in [0.25, 0.3) is 0 Å². The van der Waals surface area contributed by atoms with Crippen LogP contribution in [-0.4, -0.2) is 67.6 Å². The van der Waals surface area contributed by atoms with Crippen molar-refractivity contribution in [1.29, 1.82) is 0 Å². The Labute approximate surface area is 151 Å². The first-order valence-corrected chi connectivity index (χ1v) is 10.7. The van der Waals surface area contributed by atoms with Crippen LogP contribution in [0.15, 0.2) is 12.2 Å². The average Bonchev–Trinajstić information content (AvgIpc) is 3.41. The summed E-state index contributed by atoms with van der Waals surface area (Å²) in [6, 6.07) is 0.587. The second-order valence-electron chi connectivity index (χ2n) is 6.21. The zero-order chi connectivity index (χ0) is 18.7. The molecule has 7 nitrogen and oxygen atoms in total. The standard InChI is InChI=1S/C17H32O7Si/c1-14(2)17(18)22-10-7-11-25(19-4,20-5)24-15(3)8-6-9-21-12-16-13-23-16/h15-16H,1,6-13H2,2-5H3. The Hall–Kier alpha value is -0.773. The maximum atomic E-state index is 11.4.